The highest BCUT2D eigenvalue weighted by Gasteiger charge is 2.15. The number of aliphatic hydroxyl groups is 2. The van der Waals surface area contributed by atoms with Gasteiger partial charge in [-0.1, -0.05) is 0 Å². The van der Waals surface area contributed by atoms with E-state index in [1.807, 2.05) is 0 Å². The van der Waals surface area contributed by atoms with E-state index < -0.39 is 20.9 Å². The summed E-state index contributed by atoms with van der Waals surface area (Å²) in [5, 5.41) is 40.2. The second kappa shape index (κ2) is 11.9. The number of amides is 1. The summed E-state index contributed by atoms with van der Waals surface area (Å²) in [6.45, 7) is 0.217. The summed E-state index contributed by atoms with van der Waals surface area (Å²) in [5.41, 5.74) is 1.23. The Morgan fingerprint density at radius 1 is 0.795 bits per heavy atom. The number of hydrogen-bond acceptors (Lipinski definition) is 12. The molecule has 204 valence electrons. The van der Waals surface area contributed by atoms with Crippen molar-refractivity contribution in [2.45, 2.75) is 4.90 Å². The first kappa shape index (κ1) is 27.5. The summed E-state index contributed by atoms with van der Waals surface area (Å²) in [7, 11) is -4.53. The number of carbonyl (C=O) groups is 1. The quantitative estimate of drug-likeness (QED) is 0.124. The molecule has 4 rings (SSSR count). The van der Waals surface area contributed by atoms with Crippen LogP contribution >= 0.6 is 0 Å². The molecular formula is C24H25N7O7S. The number of aromatic hydroxyl groups is 1. The third-order valence-corrected chi connectivity index (χ3v) is 6.12. The van der Waals surface area contributed by atoms with Crippen molar-refractivity contribution in [3.63, 3.8) is 0 Å². The zero-order chi connectivity index (χ0) is 28.0. The molecule has 0 saturated heterocycles. The summed E-state index contributed by atoms with van der Waals surface area (Å²) >= 11 is 0. The Kier molecular flexibility index (Phi) is 8.36. The average Bonchev–Trinajstić information content (AvgIpc) is 2.90. The summed E-state index contributed by atoms with van der Waals surface area (Å²) < 4.78 is 32.2. The van der Waals surface area contributed by atoms with E-state index in [0.29, 0.717) is 27.7 Å². The summed E-state index contributed by atoms with van der Waals surface area (Å²) in [6.07, 6.45) is 0. The molecule has 1 aromatic heterocycles. The SMILES string of the molecule is O=C(Nc1ccc2c(O)cc(S(=O)(=O)O)cc2c1)c1ccc(Nc2nc(NCCO)nc(NCCO)n2)cc1. The molecule has 0 radical (unpaired) electrons. The summed E-state index contributed by atoms with van der Waals surface area (Å²) in [6, 6.07) is 13.1. The van der Waals surface area contributed by atoms with Crippen molar-refractivity contribution in [2.24, 2.45) is 0 Å². The van der Waals surface area contributed by atoms with Crippen molar-refractivity contribution in [1.29, 1.82) is 0 Å². The van der Waals surface area contributed by atoms with Crippen molar-refractivity contribution in [1.82, 2.24) is 15.0 Å². The third kappa shape index (κ3) is 7.05. The lowest BCUT2D eigenvalue weighted by molar-refractivity contribution is 0.102. The number of phenols is 1. The second-order valence-electron chi connectivity index (χ2n) is 8.12. The fraction of sp³-hybridized carbons (Fsp3) is 0.167. The zero-order valence-corrected chi connectivity index (χ0v) is 21.1. The van der Waals surface area contributed by atoms with Crippen LogP contribution in [0.1, 0.15) is 10.4 Å². The van der Waals surface area contributed by atoms with E-state index in [9.17, 15) is 22.9 Å². The van der Waals surface area contributed by atoms with Crippen molar-refractivity contribution >= 4 is 56.0 Å². The van der Waals surface area contributed by atoms with Gasteiger partial charge >= 0.3 is 0 Å². The van der Waals surface area contributed by atoms with Crippen LogP contribution in [0.3, 0.4) is 0 Å². The van der Waals surface area contributed by atoms with Crippen LogP contribution in [0, 0.1) is 0 Å². The van der Waals surface area contributed by atoms with Crippen molar-refractivity contribution in [3.8, 4) is 5.75 Å². The Morgan fingerprint density at radius 3 is 1.97 bits per heavy atom. The minimum absolute atomic E-state index is 0.120. The van der Waals surface area contributed by atoms with Crippen LogP contribution in [0.2, 0.25) is 0 Å². The van der Waals surface area contributed by atoms with E-state index in [0.717, 1.165) is 6.07 Å². The molecule has 0 fully saturated rings. The predicted octanol–water partition coefficient (Wildman–Crippen LogP) is 1.78. The molecule has 1 heterocycles. The lowest BCUT2D eigenvalue weighted by Gasteiger charge is -2.11. The number of aliphatic hydroxyl groups excluding tert-OH is 2. The van der Waals surface area contributed by atoms with Gasteiger partial charge in [0.2, 0.25) is 17.8 Å². The molecule has 0 aliphatic carbocycles. The van der Waals surface area contributed by atoms with Gasteiger partial charge in [0.25, 0.3) is 16.0 Å². The highest BCUT2D eigenvalue weighted by Crippen LogP contribution is 2.31. The first-order chi connectivity index (χ1) is 18.7. The number of benzene rings is 3. The van der Waals surface area contributed by atoms with E-state index in [1.165, 1.54) is 18.2 Å². The molecule has 0 atom stereocenters. The van der Waals surface area contributed by atoms with Crippen LogP contribution in [0.25, 0.3) is 10.8 Å². The van der Waals surface area contributed by atoms with E-state index in [2.05, 4.69) is 36.2 Å². The van der Waals surface area contributed by atoms with Gasteiger partial charge in [-0.05, 0) is 53.9 Å². The Labute approximate surface area is 222 Å². The lowest BCUT2D eigenvalue weighted by Crippen LogP contribution is -2.15. The molecule has 4 aromatic rings. The fourth-order valence-corrected chi connectivity index (χ4v) is 4.05. The number of rotatable bonds is 11. The molecule has 39 heavy (non-hydrogen) atoms. The number of nitrogens with one attached hydrogen (secondary N) is 4. The first-order valence-corrected chi connectivity index (χ1v) is 13.0. The monoisotopic (exact) mass is 555 g/mol. The number of phenolic OH excluding ortho intramolecular Hbond substituents is 1. The average molecular weight is 556 g/mol. The van der Waals surface area contributed by atoms with Gasteiger partial charge in [-0.25, -0.2) is 0 Å². The van der Waals surface area contributed by atoms with Gasteiger partial charge in [0.05, 0.1) is 18.1 Å². The largest absolute Gasteiger partial charge is 0.507 e. The van der Waals surface area contributed by atoms with E-state index in [4.69, 9.17) is 10.2 Å². The van der Waals surface area contributed by atoms with E-state index in [1.54, 1.807) is 30.3 Å². The lowest BCUT2D eigenvalue weighted by atomic mass is 10.1. The Morgan fingerprint density at radius 2 is 1.38 bits per heavy atom. The van der Waals surface area contributed by atoms with Gasteiger partial charge in [-0.3, -0.25) is 9.35 Å². The van der Waals surface area contributed by atoms with Crippen LogP contribution in [-0.4, -0.2) is 75.5 Å². The smallest absolute Gasteiger partial charge is 0.294 e. The first-order valence-electron chi connectivity index (χ1n) is 11.5. The number of fused-ring (bicyclic) bond motifs is 1. The minimum atomic E-state index is -4.53. The molecule has 14 nitrogen and oxygen atoms in total. The molecule has 0 unspecified atom stereocenters. The molecule has 3 aromatic carbocycles. The maximum absolute atomic E-state index is 12.8. The maximum atomic E-state index is 12.8. The second-order valence-corrected chi connectivity index (χ2v) is 9.54. The van der Waals surface area contributed by atoms with Crippen LogP contribution in [0.15, 0.2) is 59.5 Å². The van der Waals surface area contributed by atoms with Gasteiger partial charge in [-0.2, -0.15) is 23.4 Å². The predicted molar refractivity (Wildman–Crippen MR) is 144 cm³/mol. The van der Waals surface area contributed by atoms with Crippen LogP contribution in [0.4, 0.5) is 29.2 Å². The molecule has 0 saturated carbocycles. The fourth-order valence-electron chi connectivity index (χ4n) is 3.51. The van der Waals surface area contributed by atoms with Crippen molar-refractivity contribution < 1.29 is 33.1 Å². The molecular weight excluding hydrogens is 530 g/mol. The Hall–Kier alpha value is -4.57. The Balaban J connectivity index is 1.49. The topological polar surface area (TPSA) is 219 Å². The van der Waals surface area contributed by atoms with Gasteiger partial charge in [0.15, 0.2) is 0 Å². The highest BCUT2D eigenvalue weighted by molar-refractivity contribution is 7.85. The molecule has 0 spiro atoms. The van der Waals surface area contributed by atoms with Gasteiger partial charge < -0.3 is 36.6 Å². The summed E-state index contributed by atoms with van der Waals surface area (Å²) in [4.78, 5) is 24.9. The number of nitrogens with zero attached hydrogens (tertiary/aromatic N) is 3. The van der Waals surface area contributed by atoms with Gasteiger partial charge in [0.1, 0.15) is 5.75 Å². The molecule has 0 aliphatic rings. The standard InChI is InChI=1S/C24H25N7O7S/c32-9-7-25-22-29-23(26-8-10-33)31-24(30-22)28-16-3-1-14(2-4-16)21(35)27-17-5-6-19-15(11-17)12-18(13-20(19)34)39(36,37)38/h1-6,11-13,32-34H,7-10H2,(H,27,35)(H,36,37,38)(H3,25,26,28,29,30,31). The molecule has 15 heteroatoms. The highest BCUT2D eigenvalue weighted by atomic mass is 32.2. The van der Waals surface area contributed by atoms with Crippen LogP contribution in [0.5, 0.6) is 5.75 Å². The maximum Gasteiger partial charge on any atom is 0.294 e. The number of hydrogen-bond donors (Lipinski definition) is 8. The normalized spacial score (nSPS) is 11.3. The van der Waals surface area contributed by atoms with E-state index in [-0.39, 0.29) is 49.9 Å². The van der Waals surface area contributed by atoms with Gasteiger partial charge in [-0.15, -0.1) is 0 Å². The van der Waals surface area contributed by atoms with Crippen molar-refractivity contribution in [2.75, 3.05) is 47.6 Å². The van der Waals surface area contributed by atoms with E-state index >= 15 is 0 Å². The third-order valence-electron chi connectivity index (χ3n) is 5.29. The van der Waals surface area contributed by atoms with Crippen LogP contribution in [-0.2, 0) is 10.1 Å². The molecule has 0 bridgehead atoms. The number of carbonyl (C=O) groups excluding carboxylic acids is 1. The van der Waals surface area contributed by atoms with Crippen molar-refractivity contribution in [3.05, 3.63) is 60.2 Å². The van der Waals surface area contributed by atoms with Crippen LogP contribution < -0.4 is 21.3 Å². The molecule has 1 amide bonds. The summed E-state index contributed by atoms with van der Waals surface area (Å²) in [5.74, 6) is -0.156. The zero-order valence-electron chi connectivity index (χ0n) is 20.3. The molecule has 0 aliphatic heterocycles. The number of anilines is 5. The van der Waals surface area contributed by atoms with Gasteiger partial charge in [0, 0.05) is 41.5 Å². The minimum Gasteiger partial charge on any atom is -0.507 e. The Bertz CT molecular complexity index is 1570. The number of aromatic nitrogens is 3. The molecule has 8 N–H and O–H groups in total.